The number of ether oxygens (including phenoxy) is 2. The van der Waals surface area contributed by atoms with Gasteiger partial charge in [0.25, 0.3) is 11.8 Å². The normalized spacial score (nSPS) is 12.9. The predicted octanol–water partition coefficient (Wildman–Crippen LogP) is 2.86. The highest BCUT2D eigenvalue weighted by Crippen LogP contribution is 2.22. The summed E-state index contributed by atoms with van der Waals surface area (Å²) in [4.78, 5) is 37.6. The fourth-order valence-corrected chi connectivity index (χ4v) is 3.01. The van der Waals surface area contributed by atoms with Gasteiger partial charge in [0, 0.05) is 6.42 Å². The molecule has 0 radical (unpaired) electrons. The van der Waals surface area contributed by atoms with Crippen LogP contribution in [0.3, 0.4) is 0 Å². The van der Waals surface area contributed by atoms with E-state index in [1.54, 1.807) is 24.3 Å². The Balaban J connectivity index is 1.47. The third-order valence-electron chi connectivity index (χ3n) is 4.33. The van der Waals surface area contributed by atoms with Gasteiger partial charge in [-0.15, -0.1) is 0 Å². The maximum Gasteiger partial charge on any atom is 0.306 e. The van der Waals surface area contributed by atoms with Crippen LogP contribution in [0, 0.1) is 0 Å². The molecule has 0 aromatic heterocycles. The van der Waals surface area contributed by atoms with E-state index in [1.165, 1.54) is 0 Å². The third-order valence-corrected chi connectivity index (χ3v) is 4.33. The Hall–Kier alpha value is -3.15. The number of hydrogen-bond donors (Lipinski definition) is 0. The highest BCUT2D eigenvalue weighted by molar-refractivity contribution is 6.21. The molecule has 0 fully saturated rings. The Morgan fingerprint density at radius 2 is 1.59 bits per heavy atom. The fourth-order valence-electron chi connectivity index (χ4n) is 3.01. The molecule has 0 aliphatic carbocycles. The zero-order valence-corrected chi connectivity index (χ0v) is 15.1. The summed E-state index contributed by atoms with van der Waals surface area (Å²) in [6, 6.07) is 14.2. The second-order valence-electron chi connectivity index (χ2n) is 6.07. The van der Waals surface area contributed by atoms with Crippen molar-refractivity contribution < 1.29 is 23.9 Å². The summed E-state index contributed by atoms with van der Waals surface area (Å²) in [5.41, 5.74) is 1.72. The molecule has 1 heterocycles. The first-order valence-electron chi connectivity index (χ1n) is 8.93. The first-order valence-corrected chi connectivity index (χ1v) is 8.93. The molecule has 0 spiro atoms. The number of rotatable bonds is 8. The van der Waals surface area contributed by atoms with Crippen LogP contribution in [0.25, 0.3) is 0 Å². The molecule has 0 saturated carbocycles. The number of imide groups is 1. The molecule has 2 amide bonds. The van der Waals surface area contributed by atoms with Crippen molar-refractivity contribution in [3.8, 4) is 5.75 Å². The van der Waals surface area contributed by atoms with Crippen LogP contribution >= 0.6 is 0 Å². The Morgan fingerprint density at radius 3 is 2.26 bits per heavy atom. The van der Waals surface area contributed by atoms with Crippen molar-refractivity contribution in [1.29, 1.82) is 0 Å². The minimum absolute atomic E-state index is 0.0165. The molecule has 0 unspecified atom stereocenters. The molecule has 2 aromatic rings. The number of nitrogens with zero attached hydrogens (tertiary/aromatic N) is 1. The van der Waals surface area contributed by atoms with Gasteiger partial charge in [-0.05, 0) is 37.1 Å². The number of hydrogen-bond acceptors (Lipinski definition) is 5. The Labute approximate surface area is 157 Å². The first kappa shape index (κ1) is 18.6. The van der Waals surface area contributed by atoms with Gasteiger partial charge in [0.05, 0.1) is 24.3 Å². The molecule has 6 heteroatoms. The zero-order valence-electron chi connectivity index (χ0n) is 15.1. The van der Waals surface area contributed by atoms with Gasteiger partial charge in [-0.25, -0.2) is 0 Å². The van der Waals surface area contributed by atoms with Gasteiger partial charge in [0.15, 0.2) is 0 Å². The first-order chi connectivity index (χ1) is 13.1. The lowest BCUT2D eigenvalue weighted by Gasteiger charge is -2.14. The van der Waals surface area contributed by atoms with Crippen LogP contribution < -0.4 is 4.74 Å². The summed E-state index contributed by atoms with van der Waals surface area (Å²) < 4.78 is 10.7. The van der Waals surface area contributed by atoms with E-state index in [4.69, 9.17) is 9.47 Å². The number of fused-ring (bicyclic) bond motifs is 1. The van der Waals surface area contributed by atoms with E-state index in [0.29, 0.717) is 24.2 Å². The minimum Gasteiger partial charge on any atom is -0.494 e. The van der Waals surface area contributed by atoms with Crippen LogP contribution in [0.15, 0.2) is 48.5 Å². The topological polar surface area (TPSA) is 72.9 Å². The van der Waals surface area contributed by atoms with Crippen LogP contribution in [0.4, 0.5) is 0 Å². The van der Waals surface area contributed by atoms with Crippen LogP contribution in [0.2, 0.25) is 0 Å². The average Bonchev–Trinajstić information content (AvgIpc) is 2.93. The van der Waals surface area contributed by atoms with E-state index in [2.05, 4.69) is 0 Å². The van der Waals surface area contributed by atoms with Gasteiger partial charge in [0.1, 0.15) is 12.4 Å². The fraction of sp³-hybridized carbons (Fsp3) is 0.286. The molecule has 0 bridgehead atoms. The second-order valence-corrected chi connectivity index (χ2v) is 6.07. The number of amides is 2. The molecule has 140 valence electrons. The van der Waals surface area contributed by atoms with E-state index >= 15 is 0 Å². The van der Waals surface area contributed by atoms with Crippen molar-refractivity contribution in [2.24, 2.45) is 0 Å². The monoisotopic (exact) mass is 367 g/mol. The number of benzene rings is 2. The van der Waals surface area contributed by atoms with Crippen molar-refractivity contribution in [2.45, 2.75) is 19.8 Å². The molecule has 1 aliphatic rings. The number of esters is 1. The van der Waals surface area contributed by atoms with Gasteiger partial charge in [-0.3, -0.25) is 19.3 Å². The summed E-state index contributed by atoms with van der Waals surface area (Å²) in [7, 11) is 0. The van der Waals surface area contributed by atoms with Gasteiger partial charge in [-0.1, -0.05) is 30.3 Å². The maximum atomic E-state index is 12.2. The van der Waals surface area contributed by atoms with Gasteiger partial charge >= 0.3 is 5.97 Å². The molecule has 2 aromatic carbocycles. The van der Waals surface area contributed by atoms with Crippen molar-refractivity contribution in [1.82, 2.24) is 4.90 Å². The maximum absolute atomic E-state index is 12.2. The lowest BCUT2D eigenvalue weighted by Crippen LogP contribution is -2.33. The van der Waals surface area contributed by atoms with E-state index in [9.17, 15) is 14.4 Å². The Kier molecular flexibility index (Phi) is 5.86. The summed E-state index contributed by atoms with van der Waals surface area (Å²) in [5.74, 6) is -0.314. The standard InChI is InChI=1S/C21H21NO5/c1-2-26-18-10-6-3-7-15(18)11-12-19(23)27-14-13-22-20(24)16-8-4-5-9-17(16)21(22)25/h3-10H,2,11-14H2,1H3. The summed E-state index contributed by atoms with van der Waals surface area (Å²) in [5, 5.41) is 0. The lowest BCUT2D eigenvalue weighted by atomic mass is 10.1. The summed E-state index contributed by atoms with van der Waals surface area (Å²) in [6.45, 7) is 2.50. The Morgan fingerprint density at radius 1 is 0.963 bits per heavy atom. The molecule has 0 N–H and O–H groups in total. The van der Waals surface area contributed by atoms with Crippen molar-refractivity contribution in [3.63, 3.8) is 0 Å². The van der Waals surface area contributed by atoms with Gasteiger partial charge in [-0.2, -0.15) is 0 Å². The number of para-hydroxylation sites is 1. The van der Waals surface area contributed by atoms with Gasteiger partial charge < -0.3 is 9.47 Å². The highest BCUT2D eigenvalue weighted by Gasteiger charge is 2.34. The number of aryl methyl sites for hydroxylation is 1. The van der Waals surface area contributed by atoms with E-state index in [0.717, 1.165) is 16.2 Å². The molecular formula is C21H21NO5. The quantitative estimate of drug-likeness (QED) is 0.530. The van der Waals surface area contributed by atoms with Crippen LogP contribution in [-0.2, 0) is 16.0 Å². The van der Waals surface area contributed by atoms with Gasteiger partial charge in [0.2, 0.25) is 0 Å². The number of carbonyl (C=O) groups is 3. The smallest absolute Gasteiger partial charge is 0.306 e. The minimum atomic E-state index is -0.377. The molecule has 6 nitrogen and oxygen atoms in total. The van der Waals surface area contributed by atoms with Crippen LogP contribution in [0.1, 0.15) is 39.6 Å². The zero-order chi connectivity index (χ0) is 19.2. The Bertz CT molecular complexity index is 826. The molecule has 1 aliphatic heterocycles. The van der Waals surface area contributed by atoms with E-state index < -0.39 is 0 Å². The highest BCUT2D eigenvalue weighted by atomic mass is 16.5. The molecular weight excluding hydrogens is 346 g/mol. The van der Waals surface area contributed by atoms with Crippen LogP contribution in [0.5, 0.6) is 5.75 Å². The number of carbonyl (C=O) groups excluding carboxylic acids is 3. The molecule has 0 saturated heterocycles. The molecule has 27 heavy (non-hydrogen) atoms. The summed E-state index contributed by atoms with van der Waals surface area (Å²) in [6.07, 6.45) is 0.703. The largest absolute Gasteiger partial charge is 0.494 e. The van der Waals surface area contributed by atoms with Crippen molar-refractivity contribution in [3.05, 3.63) is 65.2 Å². The predicted molar refractivity (Wildman–Crippen MR) is 98.7 cm³/mol. The summed E-state index contributed by atoms with van der Waals surface area (Å²) >= 11 is 0. The lowest BCUT2D eigenvalue weighted by molar-refractivity contribution is -0.143. The van der Waals surface area contributed by atoms with E-state index in [1.807, 2.05) is 31.2 Å². The van der Waals surface area contributed by atoms with Crippen molar-refractivity contribution >= 4 is 17.8 Å². The molecule has 0 atom stereocenters. The SMILES string of the molecule is CCOc1ccccc1CCC(=O)OCCN1C(=O)c2ccccc2C1=O. The average molecular weight is 367 g/mol. The third kappa shape index (κ3) is 4.16. The molecule has 3 rings (SSSR count). The van der Waals surface area contributed by atoms with Crippen LogP contribution in [-0.4, -0.2) is 42.4 Å². The van der Waals surface area contributed by atoms with Crippen molar-refractivity contribution in [2.75, 3.05) is 19.8 Å². The second kappa shape index (κ2) is 8.49. The van der Waals surface area contributed by atoms with E-state index in [-0.39, 0.29) is 37.4 Å².